The Bertz CT molecular complexity index is 1090. The molecule has 0 saturated carbocycles. The fraction of sp³-hybridized carbons (Fsp3) is 0.458. The topological polar surface area (TPSA) is 81.8 Å². The molecule has 0 bridgehead atoms. The van der Waals surface area contributed by atoms with Crippen LogP contribution in [0.1, 0.15) is 44.4 Å². The van der Waals surface area contributed by atoms with Gasteiger partial charge in [-0.15, -0.1) is 0 Å². The average molecular weight is 536 g/mol. The number of sulfonamides is 1. The van der Waals surface area contributed by atoms with Crippen molar-refractivity contribution < 1.29 is 13.2 Å². The molecule has 0 spiro atoms. The summed E-state index contributed by atoms with van der Waals surface area (Å²) in [6.07, 6.45) is 0.652. The molecule has 0 aromatic heterocycles. The van der Waals surface area contributed by atoms with Crippen LogP contribution in [0.2, 0.25) is 0 Å². The van der Waals surface area contributed by atoms with E-state index in [0.717, 1.165) is 15.6 Å². The second-order valence-corrected chi connectivity index (χ2v) is 12.5. The number of hydrazine groups is 1. The van der Waals surface area contributed by atoms with E-state index in [2.05, 4.69) is 47.6 Å². The molecule has 0 aliphatic carbocycles. The molecule has 2 aromatic carbocycles. The molecule has 9 heteroatoms. The maximum absolute atomic E-state index is 13.1. The SMILES string of the molecule is CC(C)(C)c1ccc(S(=O)(=O)N2CCN(C(=O)C3CC(c4ccc(Br)cc4)NN3)CC2)cc1. The first-order valence-electron chi connectivity index (χ1n) is 11.2. The van der Waals surface area contributed by atoms with Crippen molar-refractivity contribution in [1.29, 1.82) is 0 Å². The first-order valence-corrected chi connectivity index (χ1v) is 13.4. The molecule has 2 unspecified atom stereocenters. The lowest BCUT2D eigenvalue weighted by atomic mass is 9.87. The van der Waals surface area contributed by atoms with Crippen LogP contribution in [0.25, 0.3) is 0 Å². The van der Waals surface area contributed by atoms with Gasteiger partial charge in [0.1, 0.15) is 6.04 Å². The van der Waals surface area contributed by atoms with Gasteiger partial charge >= 0.3 is 0 Å². The third-order valence-corrected chi connectivity index (χ3v) is 8.82. The number of halogens is 1. The highest BCUT2D eigenvalue weighted by Crippen LogP contribution is 2.27. The second kappa shape index (κ2) is 9.46. The predicted molar refractivity (Wildman–Crippen MR) is 132 cm³/mol. The van der Waals surface area contributed by atoms with E-state index in [1.54, 1.807) is 17.0 Å². The molecule has 2 aliphatic heterocycles. The fourth-order valence-corrected chi connectivity index (χ4v) is 5.96. The zero-order chi connectivity index (χ0) is 23.8. The molecule has 2 aromatic rings. The molecule has 2 N–H and O–H groups in total. The van der Waals surface area contributed by atoms with Crippen LogP contribution < -0.4 is 10.9 Å². The van der Waals surface area contributed by atoms with Gasteiger partial charge in [-0.05, 0) is 47.2 Å². The van der Waals surface area contributed by atoms with E-state index in [-0.39, 0.29) is 23.4 Å². The number of carbonyl (C=O) groups excluding carboxylic acids is 1. The Labute approximate surface area is 204 Å². The number of hydrogen-bond donors (Lipinski definition) is 2. The number of piperazine rings is 1. The van der Waals surface area contributed by atoms with E-state index < -0.39 is 10.0 Å². The van der Waals surface area contributed by atoms with Crippen molar-refractivity contribution in [2.45, 2.75) is 49.6 Å². The van der Waals surface area contributed by atoms with Crippen LogP contribution in [0.3, 0.4) is 0 Å². The monoisotopic (exact) mass is 534 g/mol. The summed E-state index contributed by atoms with van der Waals surface area (Å²) >= 11 is 3.44. The first-order chi connectivity index (χ1) is 15.6. The molecule has 7 nitrogen and oxygen atoms in total. The number of carbonyl (C=O) groups is 1. The Morgan fingerprint density at radius 3 is 2.12 bits per heavy atom. The van der Waals surface area contributed by atoms with E-state index in [1.807, 2.05) is 36.4 Å². The maximum Gasteiger partial charge on any atom is 0.243 e. The van der Waals surface area contributed by atoms with Gasteiger partial charge in [0.05, 0.1) is 4.90 Å². The highest BCUT2D eigenvalue weighted by Gasteiger charge is 2.36. The summed E-state index contributed by atoms with van der Waals surface area (Å²) in [5, 5.41) is 0. The van der Waals surface area contributed by atoms with E-state index in [0.29, 0.717) is 37.5 Å². The number of hydrogen-bond acceptors (Lipinski definition) is 5. The lowest BCUT2D eigenvalue weighted by Gasteiger charge is -2.35. The molecule has 2 aliphatic rings. The molecular formula is C24H31BrN4O3S. The Morgan fingerprint density at radius 1 is 0.939 bits per heavy atom. The summed E-state index contributed by atoms with van der Waals surface area (Å²) in [4.78, 5) is 15.1. The van der Waals surface area contributed by atoms with Gasteiger partial charge in [0.25, 0.3) is 0 Å². The van der Waals surface area contributed by atoms with Crippen LogP contribution >= 0.6 is 15.9 Å². The van der Waals surface area contributed by atoms with Crippen molar-refractivity contribution in [3.8, 4) is 0 Å². The normalized spacial score (nSPS) is 22.5. The van der Waals surface area contributed by atoms with Gasteiger partial charge in [-0.3, -0.25) is 4.79 Å². The standard InChI is InChI=1S/C24H31BrN4O3S/c1-24(2,3)18-6-10-20(11-7-18)33(31,32)29-14-12-28(13-15-29)23(30)22-16-21(26-27-22)17-4-8-19(25)9-5-17/h4-11,21-22,26-27H,12-16H2,1-3H3. The number of nitrogens with one attached hydrogen (secondary N) is 2. The molecule has 178 valence electrons. The molecule has 33 heavy (non-hydrogen) atoms. The second-order valence-electron chi connectivity index (χ2n) is 9.68. The Kier molecular flexibility index (Phi) is 6.98. The summed E-state index contributed by atoms with van der Waals surface area (Å²) in [7, 11) is -3.58. The van der Waals surface area contributed by atoms with Crippen molar-refractivity contribution in [2.75, 3.05) is 26.2 Å². The summed E-state index contributed by atoms with van der Waals surface area (Å²) in [6, 6.07) is 14.9. The minimum Gasteiger partial charge on any atom is -0.339 e. The van der Waals surface area contributed by atoms with Crippen molar-refractivity contribution in [3.63, 3.8) is 0 Å². The largest absolute Gasteiger partial charge is 0.339 e. The average Bonchev–Trinajstić information content (AvgIpc) is 3.29. The van der Waals surface area contributed by atoms with Crippen LogP contribution in [0.5, 0.6) is 0 Å². The van der Waals surface area contributed by atoms with Gasteiger partial charge in [0.2, 0.25) is 15.9 Å². The predicted octanol–water partition coefficient (Wildman–Crippen LogP) is 3.19. The minimum absolute atomic E-state index is 0.00805. The van der Waals surface area contributed by atoms with Crippen LogP contribution in [0, 0.1) is 0 Å². The maximum atomic E-state index is 13.1. The third-order valence-electron chi connectivity index (χ3n) is 6.38. The van der Waals surface area contributed by atoms with Gasteiger partial charge in [-0.2, -0.15) is 4.31 Å². The van der Waals surface area contributed by atoms with Crippen molar-refractivity contribution in [2.24, 2.45) is 0 Å². The number of rotatable bonds is 4. The summed E-state index contributed by atoms with van der Waals surface area (Å²) in [5.41, 5.74) is 8.51. The number of amides is 1. The van der Waals surface area contributed by atoms with Crippen molar-refractivity contribution in [3.05, 3.63) is 64.1 Å². The molecule has 1 amide bonds. The molecule has 2 fully saturated rings. The van der Waals surface area contributed by atoms with Crippen molar-refractivity contribution >= 4 is 31.9 Å². The molecule has 2 saturated heterocycles. The molecule has 2 atom stereocenters. The third kappa shape index (κ3) is 5.33. The number of benzene rings is 2. The quantitative estimate of drug-likeness (QED) is 0.629. The Hall–Kier alpha value is -1.78. The molecule has 2 heterocycles. The zero-order valence-electron chi connectivity index (χ0n) is 19.2. The van der Waals surface area contributed by atoms with Gasteiger partial charge in [0, 0.05) is 36.7 Å². The molecular weight excluding hydrogens is 504 g/mol. The van der Waals surface area contributed by atoms with Gasteiger partial charge < -0.3 is 4.90 Å². The zero-order valence-corrected chi connectivity index (χ0v) is 21.6. The molecule has 0 radical (unpaired) electrons. The smallest absolute Gasteiger partial charge is 0.243 e. The molecule has 4 rings (SSSR count). The van der Waals surface area contributed by atoms with E-state index in [1.165, 1.54) is 4.31 Å². The first kappa shape index (κ1) is 24.3. The van der Waals surface area contributed by atoms with Crippen LogP contribution in [0.4, 0.5) is 0 Å². The van der Waals surface area contributed by atoms with E-state index in [4.69, 9.17) is 0 Å². The van der Waals surface area contributed by atoms with Gasteiger partial charge in [0.15, 0.2) is 0 Å². The van der Waals surface area contributed by atoms with Gasteiger partial charge in [-0.25, -0.2) is 19.3 Å². The fourth-order valence-electron chi connectivity index (χ4n) is 4.28. The van der Waals surface area contributed by atoms with Gasteiger partial charge in [-0.1, -0.05) is 61.0 Å². The Morgan fingerprint density at radius 2 is 1.55 bits per heavy atom. The highest BCUT2D eigenvalue weighted by atomic mass is 79.9. The highest BCUT2D eigenvalue weighted by molar-refractivity contribution is 9.10. The van der Waals surface area contributed by atoms with Crippen LogP contribution in [-0.4, -0.2) is 55.8 Å². The summed E-state index contributed by atoms with van der Waals surface area (Å²) in [5.74, 6) is 0.00805. The summed E-state index contributed by atoms with van der Waals surface area (Å²) < 4.78 is 28.7. The van der Waals surface area contributed by atoms with E-state index in [9.17, 15) is 13.2 Å². The lowest BCUT2D eigenvalue weighted by molar-refractivity contribution is -0.134. The number of nitrogens with zero attached hydrogens (tertiary/aromatic N) is 2. The van der Waals surface area contributed by atoms with Crippen molar-refractivity contribution in [1.82, 2.24) is 20.1 Å². The van der Waals surface area contributed by atoms with Crippen LogP contribution in [0.15, 0.2) is 57.9 Å². The lowest BCUT2D eigenvalue weighted by Crippen LogP contribution is -2.54. The summed E-state index contributed by atoms with van der Waals surface area (Å²) in [6.45, 7) is 7.67. The van der Waals surface area contributed by atoms with E-state index >= 15 is 0 Å². The Balaban J connectivity index is 1.34. The van der Waals surface area contributed by atoms with Crippen LogP contribution in [-0.2, 0) is 20.2 Å². The minimum atomic E-state index is -3.58.